The van der Waals surface area contributed by atoms with E-state index in [2.05, 4.69) is 0 Å². The summed E-state index contributed by atoms with van der Waals surface area (Å²) in [5.74, 6) is -0.258. The third kappa shape index (κ3) is 2.31. The highest BCUT2D eigenvalue weighted by Gasteiger charge is 2.09. The van der Waals surface area contributed by atoms with E-state index in [1.807, 2.05) is 13.8 Å². The Morgan fingerprint density at radius 3 is 2.57 bits per heavy atom. The number of carbonyl (C=O) groups excluding carboxylic acids is 1. The minimum absolute atomic E-state index is 0.106. The summed E-state index contributed by atoms with van der Waals surface area (Å²) in [5, 5.41) is 0. The van der Waals surface area contributed by atoms with E-state index in [9.17, 15) is 9.18 Å². The van der Waals surface area contributed by atoms with Crippen molar-refractivity contribution in [2.24, 2.45) is 0 Å². The van der Waals surface area contributed by atoms with Gasteiger partial charge in [-0.15, -0.1) is 0 Å². The SMILES string of the molecule is Cc1cc(C=O)cc(OC(C)C)c1F. The summed E-state index contributed by atoms with van der Waals surface area (Å²) in [6.07, 6.45) is 0.574. The lowest BCUT2D eigenvalue weighted by atomic mass is 10.1. The van der Waals surface area contributed by atoms with Crippen molar-refractivity contribution in [3.63, 3.8) is 0 Å². The molecule has 0 heterocycles. The molecule has 1 aromatic rings. The molecule has 1 rings (SSSR count). The molecule has 1 aromatic carbocycles. The molecule has 0 aliphatic heterocycles. The van der Waals surface area contributed by atoms with Gasteiger partial charge in [-0.3, -0.25) is 4.79 Å². The molecule has 0 aromatic heterocycles. The zero-order chi connectivity index (χ0) is 10.7. The maximum atomic E-state index is 13.4. The van der Waals surface area contributed by atoms with Crippen LogP contribution in [0.5, 0.6) is 5.75 Å². The van der Waals surface area contributed by atoms with Gasteiger partial charge in [0.05, 0.1) is 6.10 Å². The first-order valence-electron chi connectivity index (χ1n) is 4.46. The number of halogens is 1. The molecular weight excluding hydrogens is 183 g/mol. The van der Waals surface area contributed by atoms with Crippen molar-refractivity contribution in [3.8, 4) is 5.75 Å². The summed E-state index contributed by atoms with van der Waals surface area (Å²) < 4.78 is 18.7. The van der Waals surface area contributed by atoms with Gasteiger partial charge in [0.25, 0.3) is 0 Å². The van der Waals surface area contributed by atoms with Crippen LogP contribution in [0.4, 0.5) is 4.39 Å². The Bertz CT molecular complexity index is 345. The number of aldehydes is 1. The van der Waals surface area contributed by atoms with Gasteiger partial charge in [-0.25, -0.2) is 4.39 Å². The molecule has 0 atom stereocenters. The van der Waals surface area contributed by atoms with Crippen LogP contribution in [0.1, 0.15) is 29.8 Å². The van der Waals surface area contributed by atoms with Crippen LogP contribution < -0.4 is 4.74 Å². The molecular formula is C11H13FO2. The Kier molecular flexibility index (Phi) is 3.23. The van der Waals surface area contributed by atoms with E-state index in [1.165, 1.54) is 12.1 Å². The highest BCUT2D eigenvalue weighted by atomic mass is 19.1. The first-order valence-corrected chi connectivity index (χ1v) is 4.46. The molecule has 2 nitrogen and oxygen atoms in total. The average molecular weight is 196 g/mol. The van der Waals surface area contributed by atoms with Crippen molar-refractivity contribution in [1.82, 2.24) is 0 Å². The number of rotatable bonds is 3. The van der Waals surface area contributed by atoms with E-state index in [4.69, 9.17) is 4.74 Å². The zero-order valence-electron chi connectivity index (χ0n) is 8.50. The monoisotopic (exact) mass is 196 g/mol. The summed E-state index contributed by atoms with van der Waals surface area (Å²) in [4.78, 5) is 10.5. The molecule has 76 valence electrons. The lowest BCUT2D eigenvalue weighted by Gasteiger charge is -2.12. The Labute approximate surface area is 82.7 Å². The standard InChI is InChI=1S/C11H13FO2/c1-7(2)14-10-5-9(6-13)4-8(3)11(10)12/h4-7H,1-3H3. The van der Waals surface area contributed by atoms with Crippen LogP contribution >= 0.6 is 0 Å². The molecule has 0 aliphatic carbocycles. The minimum Gasteiger partial charge on any atom is -0.488 e. The highest BCUT2D eigenvalue weighted by Crippen LogP contribution is 2.22. The Morgan fingerprint density at radius 2 is 2.07 bits per heavy atom. The largest absolute Gasteiger partial charge is 0.488 e. The molecule has 0 N–H and O–H groups in total. The van der Waals surface area contributed by atoms with Crippen molar-refractivity contribution >= 4 is 6.29 Å². The summed E-state index contributed by atoms with van der Waals surface area (Å²) in [7, 11) is 0. The van der Waals surface area contributed by atoms with Gasteiger partial charge in [0.2, 0.25) is 0 Å². The smallest absolute Gasteiger partial charge is 0.168 e. The lowest BCUT2D eigenvalue weighted by molar-refractivity contribution is 0.112. The van der Waals surface area contributed by atoms with Crippen LogP contribution in [0, 0.1) is 12.7 Å². The molecule has 0 spiro atoms. The summed E-state index contributed by atoms with van der Waals surface area (Å²) in [6.45, 7) is 5.22. The predicted octanol–water partition coefficient (Wildman–Crippen LogP) is 2.73. The predicted molar refractivity (Wildman–Crippen MR) is 52.3 cm³/mol. The first kappa shape index (κ1) is 10.7. The third-order valence-corrected chi connectivity index (χ3v) is 1.74. The molecule has 0 fully saturated rings. The summed E-state index contributed by atoms with van der Waals surface area (Å²) >= 11 is 0. The number of aryl methyl sites for hydroxylation is 1. The lowest BCUT2D eigenvalue weighted by Crippen LogP contribution is -2.08. The summed E-state index contributed by atoms with van der Waals surface area (Å²) in [6, 6.07) is 2.91. The maximum absolute atomic E-state index is 13.4. The molecule has 14 heavy (non-hydrogen) atoms. The van der Waals surface area contributed by atoms with E-state index in [0.29, 0.717) is 17.4 Å². The van der Waals surface area contributed by atoms with Gasteiger partial charge in [0.15, 0.2) is 11.6 Å². The number of carbonyl (C=O) groups is 1. The third-order valence-electron chi connectivity index (χ3n) is 1.74. The first-order chi connectivity index (χ1) is 6.54. The molecule has 0 saturated heterocycles. The topological polar surface area (TPSA) is 26.3 Å². The second-order valence-corrected chi connectivity index (χ2v) is 3.43. The van der Waals surface area contributed by atoms with Crippen LogP contribution in [-0.4, -0.2) is 12.4 Å². The van der Waals surface area contributed by atoms with Gasteiger partial charge in [0, 0.05) is 5.56 Å². The van der Waals surface area contributed by atoms with Crippen molar-refractivity contribution < 1.29 is 13.9 Å². The Morgan fingerprint density at radius 1 is 1.43 bits per heavy atom. The molecule has 0 saturated carbocycles. The molecule has 0 unspecified atom stereocenters. The molecule has 0 radical (unpaired) electrons. The number of hydrogen-bond acceptors (Lipinski definition) is 2. The van der Waals surface area contributed by atoms with Crippen LogP contribution in [-0.2, 0) is 0 Å². The van der Waals surface area contributed by atoms with Gasteiger partial charge in [-0.05, 0) is 38.5 Å². The van der Waals surface area contributed by atoms with E-state index in [-0.39, 0.29) is 11.9 Å². The van der Waals surface area contributed by atoms with Crippen molar-refractivity contribution in [1.29, 1.82) is 0 Å². The van der Waals surface area contributed by atoms with Crippen LogP contribution in [0.25, 0.3) is 0 Å². The van der Waals surface area contributed by atoms with E-state index >= 15 is 0 Å². The normalized spacial score (nSPS) is 10.4. The Balaban J connectivity index is 3.13. The van der Waals surface area contributed by atoms with Crippen molar-refractivity contribution in [2.75, 3.05) is 0 Å². The maximum Gasteiger partial charge on any atom is 0.168 e. The average Bonchev–Trinajstić information content (AvgIpc) is 2.11. The van der Waals surface area contributed by atoms with E-state index < -0.39 is 5.82 Å². The van der Waals surface area contributed by atoms with Gasteiger partial charge in [-0.2, -0.15) is 0 Å². The van der Waals surface area contributed by atoms with Gasteiger partial charge >= 0.3 is 0 Å². The van der Waals surface area contributed by atoms with E-state index in [0.717, 1.165) is 0 Å². The van der Waals surface area contributed by atoms with Crippen molar-refractivity contribution in [3.05, 3.63) is 29.1 Å². The number of benzene rings is 1. The number of hydrogen-bond donors (Lipinski definition) is 0. The fourth-order valence-electron chi connectivity index (χ4n) is 1.17. The molecule has 0 aliphatic rings. The van der Waals surface area contributed by atoms with Crippen LogP contribution in [0.3, 0.4) is 0 Å². The van der Waals surface area contributed by atoms with Gasteiger partial charge in [-0.1, -0.05) is 0 Å². The quantitative estimate of drug-likeness (QED) is 0.695. The zero-order valence-corrected chi connectivity index (χ0v) is 8.50. The minimum atomic E-state index is -0.399. The highest BCUT2D eigenvalue weighted by molar-refractivity contribution is 5.76. The van der Waals surface area contributed by atoms with Gasteiger partial charge in [0.1, 0.15) is 6.29 Å². The molecule has 3 heteroatoms. The fraction of sp³-hybridized carbons (Fsp3) is 0.364. The Hall–Kier alpha value is -1.38. The van der Waals surface area contributed by atoms with Crippen molar-refractivity contribution in [2.45, 2.75) is 26.9 Å². The summed E-state index contributed by atoms with van der Waals surface area (Å²) in [5.41, 5.74) is 0.852. The second-order valence-electron chi connectivity index (χ2n) is 3.43. The van der Waals surface area contributed by atoms with Crippen LogP contribution in [0.15, 0.2) is 12.1 Å². The number of ether oxygens (including phenoxy) is 1. The second kappa shape index (κ2) is 4.22. The van der Waals surface area contributed by atoms with Gasteiger partial charge < -0.3 is 4.74 Å². The van der Waals surface area contributed by atoms with Crippen LogP contribution in [0.2, 0.25) is 0 Å². The van der Waals surface area contributed by atoms with E-state index in [1.54, 1.807) is 6.92 Å². The molecule has 0 bridgehead atoms. The molecule has 0 amide bonds. The fourth-order valence-corrected chi connectivity index (χ4v) is 1.17.